The highest BCUT2D eigenvalue weighted by molar-refractivity contribution is 5.94. The van der Waals surface area contributed by atoms with Gasteiger partial charge in [-0.15, -0.1) is 0 Å². The smallest absolute Gasteiger partial charge is 0.328 e. The first-order valence-electron chi connectivity index (χ1n) is 8.13. The highest BCUT2D eigenvalue weighted by Crippen LogP contribution is 2.13. The molecule has 7 nitrogen and oxygen atoms in total. The molecule has 0 atom stereocenters. The second-order valence-electron chi connectivity index (χ2n) is 6.94. The van der Waals surface area contributed by atoms with Gasteiger partial charge in [-0.25, -0.2) is 4.79 Å². The molecule has 0 aliphatic carbocycles. The minimum atomic E-state index is -0.656. The van der Waals surface area contributed by atoms with Gasteiger partial charge in [-0.3, -0.25) is 14.6 Å². The Kier molecular flexibility index (Phi) is 5.41. The maximum atomic E-state index is 12.4. The van der Waals surface area contributed by atoms with Gasteiger partial charge in [0.15, 0.2) is 0 Å². The van der Waals surface area contributed by atoms with Crippen LogP contribution in [0.25, 0.3) is 0 Å². The van der Waals surface area contributed by atoms with Crippen LogP contribution in [0.15, 0.2) is 15.8 Å². The van der Waals surface area contributed by atoms with Gasteiger partial charge in [0, 0.05) is 25.3 Å². The first-order valence-corrected chi connectivity index (χ1v) is 8.13. The maximum absolute atomic E-state index is 12.4. The van der Waals surface area contributed by atoms with Gasteiger partial charge in [0.1, 0.15) is 5.56 Å². The predicted octanol–water partition coefficient (Wildman–Crippen LogP) is 0.458. The van der Waals surface area contributed by atoms with E-state index < -0.39 is 22.7 Å². The standard InChI is InChI=1S/C16H26N4O3/c1-16(2,11-20-8-6-4-5-7-9-20)18-14(22)12-10-19(3)15(23)17-13(12)21/h10H,4-9,11H2,1-3H3,(H,18,22)(H,17,21,23). The number of hydrogen-bond acceptors (Lipinski definition) is 4. The summed E-state index contributed by atoms with van der Waals surface area (Å²) in [6, 6.07) is 0. The third kappa shape index (κ3) is 4.79. The summed E-state index contributed by atoms with van der Waals surface area (Å²) in [7, 11) is 1.50. The summed E-state index contributed by atoms with van der Waals surface area (Å²) in [5.41, 5.74) is -1.69. The van der Waals surface area contributed by atoms with Crippen molar-refractivity contribution < 1.29 is 4.79 Å². The molecule has 23 heavy (non-hydrogen) atoms. The summed E-state index contributed by atoms with van der Waals surface area (Å²) in [6.45, 7) is 6.72. The van der Waals surface area contributed by atoms with Crippen molar-refractivity contribution in [3.8, 4) is 0 Å². The number of aromatic amines is 1. The quantitative estimate of drug-likeness (QED) is 0.843. The molecule has 7 heteroatoms. The largest absolute Gasteiger partial charge is 0.346 e. The number of hydrogen-bond donors (Lipinski definition) is 2. The average Bonchev–Trinajstić information content (AvgIpc) is 2.70. The van der Waals surface area contributed by atoms with E-state index >= 15 is 0 Å². The summed E-state index contributed by atoms with van der Waals surface area (Å²) in [5.74, 6) is -0.457. The van der Waals surface area contributed by atoms with Crippen LogP contribution in [0.2, 0.25) is 0 Å². The average molecular weight is 322 g/mol. The molecule has 0 bridgehead atoms. The second kappa shape index (κ2) is 7.12. The Morgan fingerprint density at radius 2 is 1.83 bits per heavy atom. The van der Waals surface area contributed by atoms with Gasteiger partial charge in [0.25, 0.3) is 11.5 Å². The van der Waals surface area contributed by atoms with Gasteiger partial charge in [-0.1, -0.05) is 12.8 Å². The summed E-state index contributed by atoms with van der Waals surface area (Å²) in [5, 5.41) is 2.91. The molecule has 1 fully saturated rings. The van der Waals surface area contributed by atoms with Crippen LogP contribution in [-0.4, -0.2) is 45.5 Å². The Hall–Kier alpha value is -1.89. The molecule has 0 aromatic carbocycles. The summed E-state index contributed by atoms with van der Waals surface area (Å²) >= 11 is 0. The van der Waals surface area contributed by atoms with Crippen molar-refractivity contribution in [3.05, 3.63) is 32.6 Å². The molecule has 128 valence electrons. The fourth-order valence-electron chi connectivity index (χ4n) is 2.99. The Labute approximate surface area is 135 Å². The lowest BCUT2D eigenvalue weighted by Crippen LogP contribution is -2.52. The first-order chi connectivity index (χ1) is 10.8. The molecule has 2 rings (SSSR count). The van der Waals surface area contributed by atoms with E-state index in [0.29, 0.717) is 0 Å². The van der Waals surface area contributed by atoms with E-state index in [-0.39, 0.29) is 5.56 Å². The number of likely N-dealkylation sites (tertiary alicyclic amines) is 1. The van der Waals surface area contributed by atoms with Gasteiger partial charge in [0.05, 0.1) is 0 Å². The van der Waals surface area contributed by atoms with Crippen LogP contribution in [0.5, 0.6) is 0 Å². The van der Waals surface area contributed by atoms with Crippen molar-refractivity contribution in [2.45, 2.75) is 45.1 Å². The van der Waals surface area contributed by atoms with Crippen LogP contribution in [-0.2, 0) is 7.05 Å². The van der Waals surface area contributed by atoms with Crippen LogP contribution in [0.4, 0.5) is 0 Å². The molecule has 0 spiro atoms. The molecule has 0 saturated carbocycles. The van der Waals surface area contributed by atoms with E-state index in [0.717, 1.165) is 19.6 Å². The van der Waals surface area contributed by atoms with Crippen LogP contribution >= 0.6 is 0 Å². The SMILES string of the molecule is Cn1cc(C(=O)NC(C)(C)CN2CCCCCC2)c(=O)[nH]c1=O. The fraction of sp³-hybridized carbons (Fsp3) is 0.688. The number of carbonyl (C=O) groups excluding carboxylic acids is 1. The molecular weight excluding hydrogens is 296 g/mol. The van der Waals surface area contributed by atoms with E-state index in [1.165, 1.54) is 43.5 Å². The van der Waals surface area contributed by atoms with Gasteiger partial charge in [-0.2, -0.15) is 0 Å². The molecular formula is C16H26N4O3. The molecule has 1 aliphatic heterocycles. The van der Waals surface area contributed by atoms with Gasteiger partial charge in [-0.05, 0) is 39.8 Å². The van der Waals surface area contributed by atoms with E-state index in [1.807, 2.05) is 13.8 Å². The van der Waals surface area contributed by atoms with Crippen LogP contribution in [0.1, 0.15) is 49.9 Å². The number of nitrogens with zero attached hydrogens (tertiary/aromatic N) is 2. The van der Waals surface area contributed by atoms with E-state index in [1.54, 1.807) is 0 Å². The highest BCUT2D eigenvalue weighted by atomic mass is 16.2. The first kappa shape index (κ1) is 17.5. The number of carbonyl (C=O) groups is 1. The molecule has 0 unspecified atom stereocenters. The monoisotopic (exact) mass is 322 g/mol. The van der Waals surface area contributed by atoms with Crippen molar-refractivity contribution in [2.75, 3.05) is 19.6 Å². The summed E-state index contributed by atoms with van der Waals surface area (Å²) < 4.78 is 1.19. The number of rotatable bonds is 4. The minimum Gasteiger partial charge on any atom is -0.346 e. The Morgan fingerprint density at radius 3 is 2.43 bits per heavy atom. The van der Waals surface area contributed by atoms with Crippen molar-refractivity contribution in [3.63, 3.8) is 0 Å². The predicted molar refractivity (Wildman–Crippen MR) is 88.8 cm³/mol. The van der Waals surface area contributed by atoms with Crippen LogP contribution in [0.3, 0.4) is 0 Å². The van der Waals surface area contributed by atoms with E-state index in [4.69, 9.17) is 0 Å². The van der Waals surface area contributed by atoms with Gasteiger partial charge >= 0.3 is 5.69 Å². The lowest BCUT2D eigenvalue weighted by Gasteiger charge is -2.32. The van der Waals surface area contributed by atoms with E-state index in [9.17, 15) is 14.4 Å². The number of nitrogens with one attached hydrogen (secondary N) is 2. The highest BCUT2D eigenvalue weighted by Gasteiger charge is 2.26. The van der Waals surface area contributed by atoms with E-state index in [2.05, 4.69) is 15.2 Å². The summed E-state index contributed by atoms with van der Waals surface area (Å²) in [4.78, 5) is 40.1. The fourth-order valence-corrected chi connectivity index (χ4v) is 2.99. The molecule has 1 aliphatic rings. The lowest BCUT2D eigenvalue weighted by atomic mass is 10.0. The van der Waals surface area contributed by atoms with Crippen LogP contribution in [0, 0.1) is 0 Å². The molecule has 1 amide bonds. The zero-order valence-electron chi connectivity index (χ0n) is 14.1. The molecule has 2 heterocycles. The Bertz CT molecular complexity index is 667. The third-order valence-corrected chi connectivity index (χ3v) is 4.12. The molecule has 2 N–H and O–H groups in total. The summed E-state index contributed by atoms with van der Waals surface area (Å²) in [6.07, 6.45) is 6.17. The Morgan fingerprint density at radius 1 is 1.22 bits per heavy atom. The number of aromatic nitrogens is 2. The maximum Gasteiger partial charge on any atom is 0.328 e. The topological polar surface area (TPSA) is 87.2 Å². The zero-order chi connectivity index (χ0) is 17.0. The van der Waals surface area contributed by atoms with Crippen molar-refractivity contribution >= 4 is 5.91 Å². The molecule has 1 aromatic heterocycles. The lowest BCUT2D eigenvalue weighted by molar-refractivity contribution is 0.0885. The van der Waals surface area contributed by atoms with Crippen molar-refractivity contribution in [2.24, 2.45) is 7.05 Å². The molecule has 1 saturated heterocycles. The zero-order valence-corrected chi connectivity index (χ0v) is 14.1. The number of H-pyrrole nitrogens is 1. The van der Waals surface area contributed by atoms with Crippen LogP contribution < -0.4 is 16.6 Å². The third-order valence-electron chi connectivity index (χ3n) is 4.12. The van der Waals surface area contributed by atoms with Gasteiger partial charge < -0.3 is 14.8 Å². The number of aryl methyl sites for hydroxylation is 1. The van der Waals surface area contributed by atoms with Gasteiger partial charge in [0.2, 0.25) is 0 Å². The normalized spacial score (nSPS) is 16.8. The minimum absolute atomic E-state index is 0.0453. The Balaban J connectivity index is 2.07. The van der Waals surface area contributed by atoms with Crippen molar-refractivity contribution in [1.29, 1.82) is 0 Å². The number of amides is 1. The molecule has 1 aromatic rings. The second-order valence-corrected chi connectivity index (χ2v) is 6.94. The molecule has 0 radical (unpaired) electrons. The van der Waals surface area contributed by atoms with Crippen molar-refractivity contribution in [1.82, 2.24) is 19.8 Å².